The van der Waals surface area contributed by atoms with Gasteiger partial charge in [-0.05, 0) is 87.8 Å². The third kappa shape index (κ3) is 4.17. The van der Waals surface area contributed by atoms with Crippen LogP contribution in [0.15, 0.2) is 66.9 Å². The van der Waals surface area contributed by atoms with E-state index in [1.54, 1.807) is 0 Å². The van der Waals surface area contributed by atoms with E-state index >= 15 is 0 Å². The molecule has 38 heavy (non-hydrogen) atoms. The van der Waals surface area contributed by atoms with Crippen LogP contribution in [0.1, 0.15) is 51.9 Å². The smallest absolute Gasteiger partial charge is 0.128 e. The van der Waals surface area contributed by atoms with Crippen molar-refractivity contribution in [2.45, 2.75) is 60.4 Å². The highest BCUT2D eigenvalue weighted by molar-refractivity contribution is 7.81. The third-order valence-corrected chi connectivity index (χ3v) is 8.42. The molecule has 1 N–H and O–H groups in total. The van der Waals surface area contributed by atoms with E-state index in [1.165, 1.54) is 74.3 Å². The molecule has 0 unspecified atom stereocenters. The van der Waals surface area contributed by atoms with Crippen molar-refractivity contribution < 1.29 is 0 Å². The lowest BCUT2D eigenvalue weighted by Gasteiger charge is -2.15. The van der Waals surface area contributed by atoms with E-state index in [2.05, 4.69) is 116 Å². The van der Waals surface area contributed by atoms with Crippen molar-refractivity contribution in [3.63, 3.8) is 0 Å². The third-order valence-electron chi connectivity index (χ3n) is 8.12. The number of aryl methyl sites for hydroxylation is 7. The van der Waals surface area contributed by atoms with Gasteiger partial charge >= 0.3 is 0 Å². The van der Waals surface area contributed by atoms with Gasteiger partial charge in [0.1, 0.15) is 10.6 Å². The predicted molar refractivity (Wildman–Crippen MR) is 165 cm³/mol. The van der Waals surface area contributed by atoms with Crippen LogP contribution in [0.4, 0.5) is 5.69 Å². The number of benzene rings is 3. The quantitative estimate of drug-likeness (QED) is 0.241. The van der Waals surface area contributed by atoms with Crippen LogP contribution in [0.2, 0.25) is 0 Å². The van der Waals surface area contributed by atoms with Crippen LogP contribution >= 0.6 is 12.2 Å². The van der Waals surface area contributed by atoms with Gasteiger partial charge in [0, 0.05) is 29.6 Å². The number of anilines is 1. The Labute approximate surface area is 231 Å². The highest BCUT2D eigenvalue weighted by Gasteiger charge is 2.28. The summed E-state index contributed by atoms with van der Waals surface area (Å²) in [6.45, 7) is 11.8. The highest BCUT2D eigenvalue weighted by Crippen LogP contribution is 2.40. The molecule has 1 aliphatic rings. The standard InChI is InChI=1S/C34H35N3S/c1-21-9-13-26(14-10-21)30-20-37-32(33(38)35-29-16-11-22(2)18-25(29)5)31(27-15-12-23(3)24(4)19-27)28-8-6-7-17-36(30)34(28)37/h9-16,18-20H,6-8,17H2,1-5H3,(H,35,38). The predicted octanol–water partition coefficient (Wildman–Crippen LogP) is 8.74. The molecule has 192 valence electrons. The summed E-state index contributed by atoms with van der Waals surface area (Å²) in [5.74, 6) is 0. The first-order valence-electron chi connectivity index (χ1n) is 13.6. The summed E-state index contributed by atoms with van der Waals surface area (Å²) >= 11 is 6.23. The van der Waals surface area contributed by atoms with Crippen molar-refractivity contribution in [2.24, 2.45) is 0 Å². The van der Waals surface area contributed by atoms with Gasteiger partial charge in [-0.3, -0.25) is 4.40 Å². The SMILES string of the molecule is Cc1ccc(-c2cn3c(C(=S)Nc4ccc(C)cc4C)c(-c4ccc(C)c(C)c4)c4c3n2CCCC4)cc1. The van der Waals surface area contributed by atoms with Crippen LogP contribution in [0, 0.1) is 34.6 Å². The van der Waals surface area contributed by atoms with E-state index in [-0.39, 0.29) is 0 Å². The molecule has 0 bridgehead atoms. The molecule has 6 rings (SSSR count). The lowest BCUT2D eigenvalue weighted by molar-refractivity contribution is 0.647. The minimum atomic E-state index is 0.764. The van der Waals surface area contributed by atoms with Crippen molar-refractivity contribution in [1.82, 2.24) is 8.97 Å². The van der Waals surface area contributed by atoms with Crippen LogP contribution in [-0.2, 0) is 13.0 Å². The minimum Gasteiger partial charge on any atom is -0.345 e. The monoisotopic (exact) mass is 517 g/mol. The fraction of sp³-hybridized carbons (Fsp3) is 0.265. The maximum absolute atomic E-state index is 6.23. The summed E-state index contributed by atoms with van der Waals surface area (Å²) < 4.78 is 4.90. The highest BCUT2D eigenvalue weighted by atomic mass is 32.1. The van der Waals surface area contributed by atoms with Gasteiger partial charge in [-0.2, -0.15) is 0 Å². The average Bonchev–Trinajstić information content (AvgIpc) is 3.30. The van der Waals surface area contributed by atoms with Crippen LogP contribution in [0.3, 0.4) is 0 Å². The van der Waals surface area contributed by atoms with Gasteiger partial charge in [0.2, 0.25) is 0 Å². The minimum absolute atomic E-state index is 0.764. The molecule has 0 amide bonds. The molecule has 3 nitrogen and oxygen atoms in total. The van der Waals surface area contributed by atoms with Crippen LogP contribution < -0.4 is 5.32 Å². The topological polar surface area (TPSA) is 21.4 Å². The van der Waals surface area contributed by atoms with E-state index in [4.69, 9.17) is 12.2 Å². The molecule has 5 aromatic rings. The van der Waals surface area contributed by atoms with E-state index in [0.29, 0.717) is 0 Å². The molecule has 3 aromatic carbocycles. The van der Waals surface area contributed by atoms with E-state index in [0.717, 1.165) is 29.3 Å². The molecular formula is C34H35N3S. The van der Waals surface area contributed by atoms with Gasteiger partial charge in [0.15, 0.2) is 0 Å². The molecule has 0 radical (unpaired) electrons. The van der Waals surface area contributed by atoms with Crippen molar-refractivity contribution in [3.05, 3.63) is 106 Å². The summed E-state index contributed by atoms with van der Waals surface area (Å²) in [7, 11) is 0. The molecule has 3 heterocycles. The molecular weight excluding hydrogens is 482 g/mol. The zero-order valence-corrected chi connectivity index (χ0v) is 23.8. The Morgan fingerprint density at radius 1 is 0.763 bits per heavy atom. The fourth-order valence-corrected chi connectivity index (χ4v) is 6.22. The van der Waals surface area contributed by atoms with Crippen LogP contribution in [-0.4, -0.2) is 14.0 Å². The summed E-state index contributed by atoms with van der Waals surface area (Å²) in [4.78, 5) is 0.764. The number of aromatic nitrogens is 2. The Morgan fingerprint density at radius 2 is 1.50 bits per heavy atom. The van der Waals surface area contributed by atoms with Crippen LogP contribution in [0.25, 0.3) is 28.0 Å². The Bertz CT molecular complexity index is 1700. The number of rotatable bonds is 4. The zero-order valence-electron chi connectivity index (χ0n) is 23.0. The largest absolute Gasteiger partial charge is 0.345 e. The van der Waals surface area contributed by atoms with E-state index in [1.807, 2.05) is 0 Å². The van der Waals surface area contributed by atoms with E-state index < -0.39 is 0 Å². The van der Waals surface area contributed by atoms with Gasteiger partial charge in [-0.15, -0.1) is 0 Å². The summed E-state index contributed by atoms with van der Waals surface area (Å²) in [6.07, 6.45) is 5.70. The number of nitrogens with one attached hydrogen (secondary N) is 1. The Morgan fingerprint density at radius 3 is 2.24 bits per heavy atom. The van der Waals surface area contributed by atoms with Crippen molar-refractivity contribution in [3.8, 4) is 22.4 Å². The van der Waals surface area contributed by atoms with Crippen molar-refractivity contribution in [2.75, 3.05) is 5.32 Å². The second-order valence-corrected chi connectivity index (χ2v) is 11.4. The Balaban J connectivity index is 1.61. The first kappa shape index (κ1) is 24.7. The first-order chi connectivity index (χ1) is 18.3. The molecule has 0 aliphatic carbocycles. The maximum atomic E-state index is 6.23. The van der Waals surface area contributed by atoms with Gasteiger partial charge in [0.25, 0.3) is 0 Å². The molecule has 0 fully saturated rings. The fourth-order valence-electron chi connectivity index (χ4n) is 5.91. The number of imidazole rings is 1. The lowest BCUT2D eigenvalue weighted by atomic mass is 9.95. The van der Waals surface area contributed by atoms with Gasteiger partial charge in [-0.25, -0.2) is 0 Å². The molecule has 0 saturated heterocycles. The summed E-state index contributed by atoms with van der Waals surface area (Å²) in [5, 5.41) is 3.63. The molecule has 2 aromatic heterocycles. The second-order valence-electron chi connectivity index (χ2n) is 11.0. The number of hydrogen-bond donors (Lipinski definition) is 1. The molecule has 4 heteroatoms. The Hall–Kier alpha value is -3.63. The normalized spacial score (nSPS) is 13.1. The van der Waals surface area contributed by atoms with Crippen molar-refractivity contribution in [1.29, 1.82) is 0 Å². The van der Waals surface area contributed by atoms with Gasteiger partial charge < -0.3 is 9.88 Å². The summed E-state index contributed by atoms with van der Waals surface area (Å²) in [5.41, 5.74) is 16.2. The number of hydrogen-bond acceptors (Lipinski definition) is 1. The number of nitrogens with zero attached hydrogens (tertiary/aromatic N) is 2. The molecule has 0 atom stereocenters. The lowest BCUT2D eigenvalue weighted by Crippen LogP contribution is -2.15. The molecule has 0 spiro atoms. The summed E-state index contributed by atoms with van der Waals surface area (Å²) in [6, 6.07) is 22.2. The maximum Gasteiger partial charge on any atom is 0.128 e. The van der Waals surface area contributed by atoms with Gasteiger partial charge in [0.05, 0.1) is 11.4 Å². The van der Waals surface area contributed by atoms with Crippen LogP contribution in [0.5, 0.6) is 0 Å². The second kappa shape index (κ2) is 9.59. The first-order valence-corrected chi connectivity index (χ1v) is 14.0. The molecule has 0 saturated carbocycles. The zero-order chi connectivity index (χ0) is 26.6. The van der Waals surface area contributed by atoms with E-state index in [9.17, 15) is 0 Å². The average molecular weight is 518 g/mol. The van der Waals surface area contributed by atoms with Crippen molar-refractivity contribution >= 4 is 28.5 Å². The van der Waals surface area contributed by atoms with Gasteiger partial charge in [-0.1, -0.05) is 77.9 Å². The Kier molecular flexibility index (Phi) is 6.23. The number of thiocarbonyl (C=S) groups is 1. The molecule has 1 aliphatic heterocycles.